The molecule has 2 amide bonds. The number of hydrogen-bond acceptors (Lipinski definition) is 4. The monoisotopic (exact) mass is 400 g/mol. The van der Waals surface area contributed by atoms with Gasteiger partial charge in [0, 0.05) is 19.3 Å². The van der Waals surface area contributed by atoms with Gasteiger partial charge in [-0.2, -0.15) is 0 Å². The van der Waals surface area contributed by atoms with Gasteiger partial charge in [0.1, 0.15) is 11.8 Å². The van der Waals surface area contributed by atoms with Crippen molar-refractivity contribution in [2.45, 2.75) is 31.7 Å². The van der Waals surface area contributed by atoms with E-state index in [0.29, 0.717) is 18.7 Å². The number of benzene rings is 2. The Balaban J connectivity index is 2.09. The average molecular weight is 401 g/mol. The summed E-state index contributed by atoms with van der Waals surface area (Å²) in [6, 6.07) is 17.1. The molecule has 1 N–H and O–H groups in total. The van der Waals surface area contributed by atoms with Gasteiger partial charge in [0.15, 0.2) is 0 Å². The molecule has 0 heterocycles. The second-order valence-electron chi connectivity index (χ2n) is 6.39. The standard InChI is InChI=1S/C22H28N2O3S/c1-4-20(22(26)23-2)24(14-17-10-12-19(27-3)13-11-17)21(25)16-28-15-18-8-6-5-7-9-18/h5-13,20H,4,14-16H2,1-3H3,(H,23,26)/t20-/m1/s1. The molecule has 6 heteroatoms. The summed E-state index contributed by atoms with van der Waals surface area (Å²) in [5.74, 6) is 1.68. The summed E-state index contributed by atoms with van der Waals surface area (Å²) in [5, 5.41) is 2.68. The third-order valence-corrected chi connectivity index (χ3v) is 5.47. The molecule has 0 aliphatic heterocycles. The summed E-state index contributed by atoms with van der Waals surface area (Å²) in [6.07, 6.45) is 0.560. The normalized spacial score (nSPS) is 11.5. The van der Waals surface area contributed by atoms with E-state index in [0.717, 1.165) is 17.1 Å². The molecule has 150 valence electrons. The number of methoxy groups -OCH3 is 1. The molecule has 2 aromatic carbocycles. The maximum atomic E-state index is 13.0. The van der Waals surface area contributed by atoms with Gasteiger partial charge in [0.2, 0.25) is 11.8 Å². The van der Waals surface area contributed by atoms with Crippen LogP contribution in [-0.4, -0.2) is 42.7 Å². The highest BCUT2D eigenvalue weighted by Crippen LogP contribution is 2.18. The van der Waals surface area contributed by atoms with Gasteiger partial charge in [0.05, 0.1) is 12.9 Å². The van der Waals surface area contributed by atoms with Crippen LogP contribution in [0, 0.1) is 0 Å². The number of thioether (sulfide) groups is 1. The molecule has 2 aromatic rings. The van der Waals surface area contributed by atoms with E-state index in [1.54, 1.807) is 30.8 Å². The van der Waals surface area contributed by atoms with Gasteiger partial charge in [-0.15, -0.1) is 11.8 Å². The van der Waals surface area contributed by atoms with Gasteiger partial charge < -0.3 is 15.0 Å². The Kier molecular flexibility index (Phi) is 8.88. The summed E-state index contributed by atoms with van der Waals surface area (Å²) in [6.45, 7) is 2.31. The molecule has 0 spiro atoms. The summed E-state index contributed by atoms with van der Waals surface area (Å²) in [7, 11) is 3.22. The first-order valence-electron chi connectivity index (χ1n) is 9.34. The highest BCUT2D eigenvalue weighted by atomic mass is 32.2. The van der Waals surface area contributed by atoms with Crippen molar-refractivity contribution in [2.24, 2.45) is 0 Å². The van der Waals surface area contributed by atoms with Crippen molar-refractivity contribution in [3.8, 4) is 5.75 Å². The Morgan fingerprint density at radius 1 is 1.07 bits per heavy atom. The van der Waals surface area contributed by atoms with Gasteiger partial charge in [-0.3, -0.25) is 9.59 Å². The average Bonchev–Trinajstić information content (AvgIpc) is 2.74. The summed E-state index contributed by atoms with van der Waals surface area (Å²) in [4.78, 5) is 27.0. The second-order valence-corrected chi connectivity index (χ2v) is 7.37. The number of carbonyl (C=O) groups is 2. The third-order valence-electron chi connectivity index (χ3n) is 4.48. The number of ether oxygens (including phenoxy) is 1. The number of amides is 2. The Morgan fingerprint density at radius 2 is 1.75 bits per heavy atom. The van der Waals surface area contributed by atoms with E-state index in [9.17, 15) is 9.59 Å². The highest BCUT2D eigenvalue weighted by molar-refractivity contribution is 7.99. The van der Waals surface area contributed by atoms with Crippen LogP contribution in [0.2, 0.25) is 0 Å². The van der Waals surface area contributed by atoms with Crippen LogP contribution in [0.4, 0.5) is 0 Å². The lowest BCUT2D eigenvalue weighted by Gasteiger charge is -2.30. The molecule has 0 aromatic heterocycles. The molecule has 2 rings (SSSR count). The van der Waals surface area contributed by atoms with Crippen LogP contribution in [0.3, 0.4) is 0 Å². The fourth-order valence-electron chi connectivity index (χ4n) is 2.93. The lowest BCUT2D eigenvalue weighted by atomic mass is 10.1. The molecule has 0 unspecified atom stereocenters. The van der Waals surface area contributed by atoms with E-state index in [4.69, 9.17) is 4.74 Å². The number of likely N-dealkylation sites (N-methyl/N-ethyl adjacent to an activating group) is 1. The van der Waals surface area contributed by atoms with E-state index in [1.165, 1.54) is 5.56 Å². The Labute approximate surface area is 171 Å². The number of hydrogen-bond donors (Lipinski definition) is 1. The van der Waals surface area contributed by atoms with E-state index in [1.807, 2.05) is 61.5 Å². The molecule has 5 nitrogen and oxygen atoms in total. The molecule has 0 saturated heterocycles. The third kappa shape index (κ3) is 6.30. The van der Waals surface area contributed by atoms with Gasteiger partial charge in [-0.1, -0.05) is 49.4 Å². The smallest absolute Gasteiger partial charge is 0.242 e. The summed E-state index contributed by atoms with van der Waals surface area (Å²) >= 11 is 1.56. The fraction of sp³-hybridized carbons (Fsp3) is 0.364. The van der Waals surface area contributed by atoms with Gasteiger partial charge in [-0.25, -0.2) is 0 Å². The molecular weight excluding hydrogens is 372 g/mol. The predicted octanol–water partition coefficient (Wildman–Crippen LogP) is 3.48. The van der Waals surface area contributed by atoms with Crippen LogP contribution in [-0.2, 0) is 21.9 Å². The molecule has 0 aliphatic rings. The van der Waals surface area contributed by atoms with Crippen molar-refractivity contribution in [2.75, 3.05) is 19.9 Å². The van der Waals surface area contributed by atoms with E-state index in [2.05, 4.69) is 5.32 Å². The molecule has 1 atom stereocenters. The zero-order valence-electron chi connectivity index (χ0n) is 16.7. The van der Waals surface area contributed by atoms with Crippen LogP contribution in [0.1, 0.15) is 24.5 Å². The van der Waals surface area contributed by atoms with Crippen molar-refractivity contribution in [3.63, 3.8) is 0 Å². The second kappa shape index (κ2) is 11.4. The number of nitrogens with zero attached hydrogens (tertiary/aromatic N) is 1. The minimum absolute atomic E-state index is 0.0350. The number of carbonyl (C=O) groups excluding carboxylic acids is 2. The molecule has 0 fully saturated rings. The molecule has 0 radical (unpaired) electrons. The molecular formula is C22H28N2O3S. The number of rotatable bonds is 10. The van der Waals surface area contributed by atoms with Crippen molar-refractivity contribution in [3.05, 3.63) is 65.7 Å². The zero-order valence-corrected chi connectivity index (χ0v) is 17.5. The first-order chi connectivity index (χ1) is 13.6. The van der Waals surface area contributed by atoms with Crippen LogP contribution < -0.4 is 10.1 Å². The van der Waals surface area contributed by atoms with Crippen molar-refractivity contribution < 1.29 is 14.3 Å². The van der Waals surface area contributed by atoms with Crippen LogP contribution in [0.5, 0.6) is 5.75 Å². The minimum atomic E-state index is -0.489. The molecule has 0 saturated carbocycles. The Bertz CT molecular complexity index is 750. The van der Waals surface area contributed by atoms with E-state index >= 15 is 0 Å². The predicted molar refractivity (Wildman–Crippen MR) is 114 cm³/mol. The number of nitrogens with one attached hydrogen (secondary N) is 1. The first kappa shape index (κ1) is 21.8. The van der Waals surface area contributed by atoms with Crippen LogP contribution in [0.15, 0.2) is 54.6 Å². The van der Waals surface area contributed by atoms with Gasteiger partial charge in [-0.05, 0) is 29.7 Å². The van der Waals surface area contributed by atoms with Crippen LogP contribution >= 0.6 is 11.8 Å². The maximum absolute atomic E-state index is 13.0. The Hall–Kier alpha value is -2.47. The molecule has 28 heavy (non-hydrogen) atoms. The van der Waals surface area contributed by atoms with Crippen molar-refractivity contribution in [1.29, 1.82) is 0 Å². The fourth-order valence-corrected chi connectivity index (χ4v) is 3.80. The molecule has 0 bridgehead atoms. The Morgan fingerprint density at radius 3 is 2.32 bits per heavy atom. The van der Waals surface area contributed by atoms with Crippen molar-refractivity contribution in [1.82, 2.24) is 10.2 Å². The maximum Gasteiger partial charge on any atom is 0.242 e. The largest absolute Gasteiger partial charge is 0.497 e. The summed E-state index contributed by atoms with van der Waals surface area (Å²) < 4.78 is 5.19. The van der Waals surface area contributed by atoms with Crippen molar-refractivity contribution >= 4 is 23.6 Å². The van der Waals surface area contributed by atoms with E-state index in [-0.39, 0.29) is 11.8 Å². The highest BCUT2D eigenvalue weighted by Gasteiger charge is 2.27. The van der Waals surface area contributed by atoms with Gasteiger partial charge in [0.25, 0.3) is 0 Å². The van der Waals surface area contributed by atoms with Crippen LogP contribution in [0.25, 0.3) is 0 Å². The zero-order chi connectivity index (χ0) is 20.4. The first-order valence-corrected chi connectivity index (χ1v) is 10.5. The van der Waals surface area contributed by atoms with E-state index < -0.39 is 6.04 Å². The summed E-state index contributed by atoms with van der Waals surface area (Å²) in [5.41, 5.74) is 2.14. The molecule has 0 aliphatic carbocycles. The lowest BCUT2D eigenvalue weighted by molar-refractivity contribution is -0.139. The SMILES string of the molecule is CC[C@H](C(=O)NC)N(Cc1ccc(OC)cc1)C(=O)CSCc1ccccc1. The minimum Gasteiger partial charge on any atom is -0.497 e. The van der Waals surface area contributed by atoms with Gasteiger partial charge >= 0.3 is 0 Å². The quantitative estimate of drug-likeness (QED) is 0.663. The lowest BCUT2D eigenvalue weighted by Crippen LogP contribution is -2.48. The topological polar surface area (TPSA) is 58.6 Å².